The van der Waals surface area contributed by atoms with Crippen LogP contribution >= 0.6 is 0 Å². The normalized spacial score (nSPS) is 27.8. The molecule has 0 aromatic rings. The minimum atomic E-state index is 0.708. The summed E-state index contributed by atoms with van der Waals surface area (Å²) in [6, 6.07) is 0. The lowest BCUT2D eigenvalue weighted by molar-refractivity contribution is 0.397. The molecule has 3 nitrogen and oxygen atoms in total. The van der Waals surface area contributed by atoms with Crippen LogP contribution < -0.4 is 5.73 Å². The summed E-state index contributed by atoms with van der Waals surface area (Å²) in [5.41, 5.74) is 5.44. The van der Waals surface area contributed by atoms with Crippen LogP contribution in [0.15, 0.2) is 4.99 Å². The van der Waals surface area contributed by atoms with Gasteiger partial charge >= 0.3 is 0 Å². The van der Waals surface area contributed by atoms with Crippen molar-refractivity contribution in [3.63, 3.8) is 0 Å². The fourth-order valence-corrected chi connectivity index (χ4v) is 1.45. The van der Waals surface area contributed by atoms with E-state index in [9.17, 15) is 0 Å². The van der Waals surface area contributed by atoms with Crippen LogP contribution in [0.2, 0.25) is 0 Å². The molecular weight excluding hydrogens is 138 g/mol. The van der Waals surface area contributed by atoms with Crippen LogP contribution in [0.3, 0.4) is 0 Å². The molecule has 1 aliphatic heterocycles. The van der Waals surface area contributed by atoms with Crippen molar-refractivity contribution >= 4 is 5.84 Å². The molecule has 0 bridgehead atoms. The Morgan fingerprint density at radius 3 is 2.91 bits per heavy atom. The lowest BCUT2D eigenvalue weighted by Crippen LogP contribution is -2.16. The number of nitrogens with two attached hydrogens (primary N) is 1. The van der Waals surface area contributed by atoms with Gasteiger partial charge in [-0.05, 0) is 32.9 Å². The first-order valence-corrected chi connectivity index (χ1v) is 4.13. The zero-order valence-electron chi connectivity index (χ0n) is 7.38. The summed E-state index contributed by atoms with van der Waals surface area (Å²) in [7, 11) is 2.15. The van der Waals surface area contributed by atoms with Gasteiger partial charge in [0.05, 0.1) is 5.84 Å². The number of amidine groups is 1. The molecule has 3 heteroatoms. The molecule has 1 atom stereocenters. The molecule has 2 N–H and O–H groups in total. The van der Waals surface area contributed by atoms with Crippen LogP contribution in [0.4, 0.5) is 0 Å². The molecule has 1 saturated heterocycles. The maximum Gasteiger partial charge on any atom is 0.0905 e. The van der Waals surface area contributed by atoms with Crippen molar-refractivity contribution in [3.8, 4) is 0 Å². The largest absolute Gasteiger partial charge is 0.388 e. The van der Waals surface area contributed by atoms with Gasteiger partial charge in [-0.1, -0.05) is 0 Å². The van der Waals surface area contributed by atoms with E-state index in [1.807, 2.05) is 6.92 Å². The third kappa shape index (κ3) is 2.89. The van der Waals surface area contributed by atoms with Gasteiger partial charge in [0.2, 0.25) is 0 Å². The molecule has 0 aliphatic carbocycles. The van der Waals surface area contributed by atoms with Crippen molar-refractivity contribution in [1.82, 2.24) is 4.90 Å². The second-order valence-electron chi connectivity index (χ2n) is 3.40. The van der Waals surface area contributed by atoms with Crippen molar-refractivity contribution in [2.45, 2.75) is 13.3 Å². The van der Waals surface area contributed by atoms with Gasteiger partial charge in [0.15, 0.2) is 0 Å². The van der Waals surface area contributed by atoms with E-state index < -0.39 is 0 Å². The number of hydrogen-bond acceptors (Lipinski definition) is 2. The molecule has 64 valence electrons. The van der Waals surface area contributed by atoms with Crippen molar-refractivity contribution in [2.75, 3.05) is 26.7 Å². The third-order valence-electron chi connectivity index (χ3n) is 2.09. The van der Waals surface area contributed by atoms with E-state index in [0.717, 1.165) is 12.5 Å². The van der Waals surface area contributed by atoms with E-state index in [-0.39, 0.29) is 0 Å². The summed E-state index contributed by atoms with van der Waals surface area (Å²) in [6.45, 7) is 5.14. The molecule has 1 unspecified atom stereocenters. The minimum absolute atomic E-state index is 0.708. The average Bonchev–Trinajstić information content (AvgIpc) is 2.31. The van der Waals surface area contributed by atoms with Crippen molar-refractivity contribution in [1.29, 1.82) is 0 Å². The Kier molecular flexibility index (Phi) is 2.88. The maximum atomic E-state index is 5.44. The second kappa shape index (κ2) is 3.72. The molecule has 1 aliphatic rings. The summed E-state index contributed by atoms with van der Waals surface area (Å²) >= 11 is 0. The topological polar surface area (TPSA) is 41.6 Å². The van der Waals surface area contributed by atoms with Gasteiger partial charge < -0.3 is 10.6 Å². The van der Waals surface area contributed by atoms with Gasteiger partial charge in [0.25, 0.3) is 0 Å². The van der Waals surface area contributed by atoms with E-state index in [0.29, 0.717) is 5.84 Å². The monoisotopic (exact) mass is 155 g/mol. The fourth-order valence-electron chi connectivity index (χ4n) is 1.45. The molecular formula is C8H17N3. The maximum absolute atomic E-state index is 5.44. The quantitative estimate of drug-likeness (QED) is 0.461. The van der Waals surface area contributed by atoms with Crippen LogP contribution in [0.1, 0.15) is 13.3 Å². The molecule has 0 aromatic carbocycles. The Balaban J connectivity index is 2.23. The number of rotatable bonds is 2. The van der Waals surface area contributed by atoms with Gasteiger partial charge in [-0.2, -0.15) is 0 Å². The second-order valence-corrected chi connectivity index (χ2v) is 3.40. The molecule has 0 saturated carbocycles. The van der Waals surface area contributed by atoms with Crippen LogP contribution in [0.5, 0.6) is 0 Å². The fraction of sp³-hybridized carbons (Fsp3) is 0.875. The highest BCUT2D eigenvalue weighted by atomic mass is 15.1. The molecule has 0 spiro atoms. The van der Waals surface area contributed by atoms with E-state index in [1.54, 1.807) is 0 Å². The Morgan fingerprint density at radius 1 is 1.73 bits per heavy atom. The number of aliphatic imine (C=N–C) groups is 1. The van der Waals surface area contributed by atoms with E-state index >= 15 is 0 Å². The summed E-state index contributed by atoms with van der Waals surface area (Å²) in [5, 5.41) is 0. The Hall–Kier alpha value is -0.570. The van der Waals surface area contributed by atoms with Crippen LogP contribution in [0, 0.1) is 5.92 Å². The zero-order valence-corrected chi connectivity index (χ0v) is 7.38. The van der Waals surface area contributed by atoms with Crippen LogP contribution in [-0.2, 0) is 0 Å². The van der Waals surface area contributed by atoms with Crippen molar-refractivity contribution < 1.29 is 0 Å². The minimum Gasteiger partial charge on any atom is -0.388 e. The Bertz CT molecular complexity index is 149. The molecule has 0 radical (unpaired) electrons. The molecule has 1 rings (SSSR count). The predicted molar refractivity (Wildman–Crippen MR) is 47.8 cm³/mol. The predicted octanol–water partition coefficient (Wildman–Crippen LogP) is 0.315. The van der Waals surface area contributed by atoms with Gasteiger partial charge in [-0.15, -0.1) is 0 Å². The molecule has 0 amide bonds. The first-order chi connectivity index (χ1) is 5.18. The van der Waals surface area contributed by atoms with Crippen LogP contribution in [0.25, 0.3) is 0 Å². The molecule has 0 aromatic heterocycles. The van der Waals surface area contributed by atoms with Crippen molar-refractivity contribution in [3.05, 3.63) is 0 Å². The molecule has 11 heavy (non-hydrogen) atoms. The standard InChI is InChI=1S/C8H17N3/c1-7(9)10-5-8-3-4-11(2)6-8/h8H,3-6H2,1-2H3,(H2,9,10). The highest BCUT2D eigenvalue weighted by Crippen LogP contribution is 2.13. The smallest absolute Gasteiger partial charge is 0.0905 e. The van der Waals surface area contributed by atoms with Gasteiger partial charge in [-0.3, -0.25) is 4.99 Å². The number of likely N-dealkylation sites (tertiary alicyclic amines) is 1. The lowest BCUT2D eigenvalue weighted by Gasteiger charge is -2.06. The van der Waals surface area contributed by atoms with E-state index in [4.69, 9.17) is 5.73 Å². The zero-order chi connectivity index (χ0) is 8.27. The SMILES string of the molecule is CC(N)=NCC1CCN(C)C1. The lowest BCUT2D eigenvalue weighted by atomic mass is 10.1. The van der Waals surface area contributed by atoms with Crippen LogP contribution in [-0.4, -0.2) is 37.4 Å². The third-order valence-corrected chi connectivity index (χ3v) is 2.09. The number of hydrogen-bond donors (Lipinski definition) is 1. The summed E-state index contributed by atoms with van der Waals surface area (Å²) in [5.74, 6) is 1.44. The summed E-state index contributed by atoms with van der Waals surface area (Å²) in [4.78, 5) is 6.55. The van der Waals surface area contributed by atoms with Gasteiger partial charge in [0, 0.05) is 13.1 Å². The Morgan fingerprint density at radius 2 is 2.45 bits per heavy atom. The molecule has 1 fully saturated rings. The highest BCUT2D eigenvalue weighted by molar-refractivity contribution is 5.77. The van der Waals surface area contributed by atoms with Crippen molar-refractivity contribution in [2.24, 2.45) is 16.6 Å². The average molecular weight is 155 g/mol. The Labute approximate surface area is 68.3 Å². The number of nitrogens with zero attached hydrogens (tertiary/aromatic N) is 2. The van der Waals surface area contributed by atoms with E-state index in [2.05, 4.69) is 16.9 Å². The molecule has 1 heterocycles. The first kappa shape index (κ1) is 8.53. The van der Waals surface area contributed by atoms with Gasteiger partial charge in [0.1, 0.15) is 0 Å². The summed E-state index contributed by atoms with van der Waals surface area (Å²) < 4.78 is 0. The first-order valence-electron chi connectivity index (χ1n) is 4.13. The highest BCUT2D eigenvalue weighted by Gasteiger charge is 2.18. The summed E-state index contributed by atoms with van der Waals surface area (Å²) in [6.07, 6.45) is 1.27. The van der Waals surface area contributed by atoms with E-state index in [1.165, 1.54) is 19.5 Å². The van der Waals surface area contributed by atoms with Gasteiger partial charge in [-0.25, -0.2) is 0 Å².